The van der Waals surface area contributed by atoms with Crippen LogP contribution in [0.4, 0.5) is 11.4 Å². The second-order valence-electron chi connectivity index (χ2n) is 7.80. The highest BCUT2D eigenvalue weighted by atomic mass is 16.5. The maximum atomic E-state index is 13.0. The number of benzene rings is 2. The first-order valence-electron chi connectivity index (χ1n) is 10.6. The standard InChI is InChI=1S/C24H24N4O5/c1-25-21(29)14-33-18-9-5-7-16(13-18)26-22(30)15-6-4-8-17(12-15)28-24(32)20-11-3-2-10-19(20)23(31)27-28/h2-9,12-13,19-20H,10-11,14H2,1H3,(H,25,29)(H,26,30)(H,27,31). The van der Waals surface area contributed by atoms with Gasteiger partial charge in [-0.15, -0.1) is 0 Å². The van der Waals surface area contributed by atoms with Crippen LogP contribution in [0, 0.1) is 11.8 Å². The summed E-state index contributed by atoms with van der Waals surface area (Å²) in [5.41, 5.74) is 3.88. The van der Waals surface area contributed by atoms with Crippen LogP contribution in [-0.2, 0) is 14.4 Å². The number of carbonyl (C=O) groups is 4. The molecule has 4 amide bonds. The van der Waals surface area contributed by atoms with E-state index < -0.39 is 11.8 Å². The SMILES string of the molecule is CNC(=O)COc1cccc(NC(=O)c2cccc(N3NC(=O)C4CC=CCC4C3=O)c2)c1. The highest BCUT2D eigenvalue weighted by molar-refractivity contribution is 6.07. The maximum Gasteiger partial charge on any atom is 0.257 e. The van der Waals surface area contributed by atoms with Crippen molar-refractivity contribution < 1.29 is 23.9 Å². The molecule has 1 aliphatic carbocycles. The molecular formula is C24H24N4O5. The Balaban J connectivity index is 1.47. The monoisotopic (exact) mass is 448 g/mol. The van der Waals surface area contributed by atoms with Gasteiger partial charge in [-0.1, -0.05) is 24.3 Å². The summed E-state index contributed by atoms with van der Waals surface area (Å²) >= 11 is 0. The number of fused-ring (bicyclic) bond motifs is 1. The minimum atomic E-state index is -0.404. The van der Waals surface area contributed by atoms with Crippen LogP contribution in [0.3, 0.4) is 0 Å². The molecule has 0 aromatic heterocycles. The number of amides is 4. The van der Waals surface area contributed by atoms with Crippen molar-refractivity contribution in [3.05, 3.63) is 66.2 Å². The van der Waals surface area contributed by atoms with E-state index in [1.54, 1.807) is 48.5 Å². The smallest absolute Gasteiger partial charge is 0.257 e. The Kier molecular flexibility index (Phi) is 6.39. The molecule has 1 heterocycles. The molecule has 2 atom stereocenters. The van der Waals surface area contributed by atoms with Gasteiger partial charge in [0.05, 0.1) is 17.5 Å². The number of hydrogen-bond donors (Lipinski definition) is 3. The topological polar surface area (TPSA) is 117 Å². The maximum absolute atomic E-state index is 13.0. The molecule has 9 heteroatoms. The lowest BCUT2D eigenvalue weighted by Crippen LogP contribution is -2.59. The van der Waals surface area contributed by atoms with Gasteiger partial charge >= 0.3 is 0 Å². The minimum absolute atomic E-state index is 0.136. The zero-order valence-electron chi connectivity index (χ0n) is 18.0. The fourth-order valence-corrected chi connectivity index (χ4v) is 3.86. The van der Waals surface area contributed by atoms with Gasteiger partial charge in [0, 0.05) is 24.4 Å². The van der Waals surface area contributed by atoms with Gasteiger partial charge in [0.2, 0.25) is 11.8 Å². The number of carbonyl (C=O) groups excluding carboxylic acids is 4. The van der Waals surface area contributed by atoms with Gasteiger partial charge in [0.25, 0.3) is 11.8 Å². The Morgan fingerprint density at radius 3 is 2.61 bits per heavy atom. The largest absolute Gasteiger partial charge is 0.484 e. The molecule has 4 rings (SSSR count). The first-order chi connectivity index (χ1) is 16.0. The molecule has 170 valence electrons. The van der Waals surface area contributed by atoms with Gasteiger partial charge in [-0.2, -0.15) is 0 Å². The Hall–Kier alpha value is -4.14. The minimum Gasteiger partial charge on any atom is -0.484 e. The van der Waals surface area contributed by atoms with E-state index in [9.17, 15) is 19.2 Å². The number of allylic oxidation sites excluding steroid dienone is 2. The molecule has 0 bridgehead atoms. The van der Waals surface area contributed by atoms with E-state index in [4.69, 9.17) is 4.74 Å². The van der Waals surface area contributed by atoms with Gasteiger partial charge in [-0.25, -0.2) is 5.01 Å². The van der Waals surface area contributed by atoms with Gasteiger partial charge in [0.15, 0.2) is 6.61 Å². The molecule has 1 saturated heterocycles. The molecule has 0 saturated carbocycles. The quantitative estimate of drug-likeness (QED) is 0.585. The van der Waals surface area contributed by atoms with Crippen molar-refractivity contribution in [1.29, 1.82) is 0 Å². The summed E-state index contributed by atoms with van der Waals surface area (Å²) in [6.07, 6.45) is 4.91. The van der Waals surface area contributed by atoms with Crippen LogP contribution in [0.2, 0.25) is 0 Å². The van der Waals surface area contributed by atoms with Crippen LogP contribution >= 0.6 is 0 Å². The Morgan fingerprint density at radius 1 is 1.06 bits per heavy atom. The molecule has 2 aliphatic rings. The van der Waals surface area contributed by atoms with Crippen LogP contribution in [0.25, 0.3) is 0 Å². The molecule has 2 aromatic carbocycles. The second kappa shape index (κ2) is 9.56. The number of hydrazine groups is 1. The summed E-state index contributed by atoms with van der Waals surface area (Å²) in [5, 5.41) is 6.47. The third-order valence-corrected chi connectivity index (χ3v) is 5.64. The third-order valence-electron chi connectivity index (χ3n) is 5.64. The molecule has 1 fully saturated rings. The molecule has 2 unspecified atom stereocenters. The van der Waals surface area contributed by atoms with Gasteiger partial charge in [-0.05, 0) is 43.2 Å². The normalized spacial score (nSPS) is 19.4. The summed E-state index contributed by atoms with van der Waals surface area (Å²) in [6.45, 7) is -0.136. The fraction of sp³-hybridized carbons (Fsp3) is 0.250. The van der Waals surface area contributed by atoms with Gasteiger partial charge in [-0.3, -0.25) is 24.6 Å². The third kappa shape index (κ3) is 4.87. The number of anilines is 2. The van der Waals surface area contributed by atoms with E-state index in [1.807, 2.05) is 12.2 Å². The average molecular weight is 448 g/mol. The number of hydrogen-bond acceptors (Lipinski definition) is 5. The molecule has 0 spiro atoms. The molecule has 0 radical (unpaired) electrons. The summed E-state index contributed by atoms with van der Waals surface area (Å²) < 4.78 is 5.40. The first kappa shape index (κ1) is 22.1. The lowest BCUT2D eigenvalue weighted by molar-refractivity contribution is -0.139. The van der Waals surface area contributed by atoms with Crippen molar-refractivity contribution in [3.63, 3.8) is 0 Å². The first-order valence-corrected chi connectivity index (χ1v) is 10.6. The number of nitrogens with zero attached hydrogens (tertiary/aromatic N) is 1. The van der Waals surface area contributed by atoms with E-state index in [0.717, 1.165) is 0 Å². The molecule has 2 aromatic rings. The Morgan fingerprint density at radius 2 is 1.82 bits per heavy atom. The zero-order chi connectivity index (χ0) is 23.4. The van der Waals surface area contributed by atoms with Gasteiger partial charge in [0.1, 0.15) is 5.75 Å². The van der Waals surface area contributed by atoms with Crippen molar-refractivity contribution in [2.24, 2.45) is 11.8 Å². The van der Waals surface area contributed by atoms with E-state index in [1.165, 1.54) is 12.1 Å². The Bertz CT molecular complexity index is 1130. The average Bonchev–Trinajstić information content (AvgIpc) is 2.85. The van der Waals surface area contributed by atoms with E-state index in [2.05, 4.69) is 16.1 Å². The number of rotatable bonds is 6. The van der Waals surface area contributed by atoms with Crippen LogP contribution in [0.15, 0.2) is 60.7 Å². The zero-order valence-corrected chi connectivity index (χ0v) is 18.0. The van der Waals surface area contributed by atoms with Crippen LogP contribution in [0.5, 0.6) is 5.75 Å². The predicted octanol–water partition coefficient (Wildman–Crippen LogP) is 2.02. The highest BCUT2D eigenvalue weighted by Crippen LogP contribution is 2.32. The van der Waals surface area contributed by atoms with Crippen LogP contribution in [0.1, 0.15) is 23.2 Å². The lowest BCUT2D eigenvalue weighted by Gasteiger charge is -2.38. The lowest BCUT2D eigenvalue weighted by atomic mass is 9.80. The number of ether oxygens (including phenoxy) is 1. The number of likely N-dealkylation sites (N-methyl/N-ethyl adjacent to an activating group) is 1. The molecule has 1 aliphatic heterocycles. The molecule has 9 nitrogen and oxygen atoms in total. The molecule has 3 N–H and O–H groups in total. The van der Waals surface area contributed by atoms with Crippen molar-refractivity contribution in [3.8, 4) is 5.75 Å². The number of nitrogens with one attached hydrogen (secondary N) is 3. The molecule has 33 heavy (non-hydrogen) atoms. The van der Waals surface area contributed by atoms with Crippen molar-refractivity contribution in [2.45, 2.75) is 12.8 Å². The Labute approximate surface area is 190 Å². The summed E-state index contributed by atoms with van der Waals surface area (Å²) in [4.78, 5) is 49.7. The summed E-state index contributed by atoms with van der Waals surface area (Å²) in [6, 6.07) is 13.2. The van der Waals surface area contributed by atoms with E-state index >= 15 is 0 Å². The van der Waals surface area contributed by atoms with Crippen molar-refractivity contribution >= 4 is 35.0 Å². The molecular weight excluding hydrogens is 424 g/mol. The highest BCUT2D eigenvalue weighted by Gasteiger charge is 2.42. The second-order valence-corrected chi connectivity index (χ2v) is 7.80. The fourth-order valence-electron chi connectivity index (χ4n) is 3.86. The van der Waals surface area contributed by atoms with Crippen LogP contribution < -0.4 is 25.8 Å². The summed E-state index contributed by atoms with van der Waals surface area (Å²) in [7, 11) is 1.52. The van der Waals surface area contributed by atoms with Crippen molar-refractivity contribution in [2.75, 3.05) is 24.0 Å². The van der Waals surface area contributed by atoms with Gasteiger partial charge < -0.3 is 15.4 Å². The van der Waals surface area contributed by atoms with E-state index in [-0.39, 0.29) is 30.2 Å². The van der Waals surface area contributed by atoms with Crippen molar-refractivity contribution in [1.82, 2.24) is 10.7 Å². The van der Waals surface area contributed by atoms with Crippen LogP contribution in [-0.4, -0.2) is 37.3 Å². The summed E-state index contributed by atoms with van der Waals surface area (Å²) in [5.74, 6) is -1.38. The van der Waals surface area contributed by atoms with E-state index in [0.29, 0.717) is 35.5 Å². The predicted molar refractivity (Wildman–Crippen MR) is 121 cm³/mol.